The van der Waals surface area contributed by atoms with E-state index in [4.69, 9.17) is 0 Å². The Morgan fingerprint density at radius 3 is 2.58 bits per heavy atom. The van der Waals surface area contributed by atoms with Crippen molar-refractivity contribution in [2.45, 2.75) is 32.6 Å². The molecule has 1 amide bonds. The Hall–Kier alpha value is -0.570. The molecule has 0 spiro atoms. The van der Waals surface area contributed by atoms with E-state index in [2.05, 4.69) is 17.6 Å². The predicted molar refractivity (Wildman–Crippen MR) is 51.1 cm³/mol. The van der Waals surface area contributed by atoms with E-state index in [1.54, 1.807) is 0 Å². The van der Waals surface area contributed by atoms with Gasteiger partial charge in [-0.05, 0) is 13.5 Å². The van der Waals surface area contributed by atoms with Crippen molar-refractivity contribution in [3.63, 3.8) is 0 Å². The summed E-state index contributed by atoms with van der Waals surface area (Å²) in [5.41, 5.74) is 0. The molecule has 0 atom stereocenters. The van der Waals surface area contributed by atoms with Gasteiger partial charge in [0, 0.05) is 19.5 Å². The molecule has 0 heterocycles. The maximum Gasteiger partial charge on any atom is 0.221 e. The normalized spacial score (nSPS) is 9.83. The molecule has 0 aliphatic rings. The Labute approximate surface area is 74.9 Å². The lowest BCUT2D eigenvalue weighted by Gasteiger charge is -2.03. The summed E-state index contributed by atoms with van der Waals surface area (Å²) in [5.74, 6) is 0.153. The zero-order chi connectivity index (χ0) is 9.23. The van der Waals surface area contributed by atoms with E-state index in [0.717, 1.165) is 19.5 Å². The number of carbonyl (C=O) groups is 1. The minimum atomic E-state index is 0.153. The van der Waals surface area contributed by atoms with Gasteiger partial charge in [-0.3, -0.25) is 4.79 Å². The Morgan fingerprint density at radius 2 is 2.00 bits per heavy atom. The average molecular weight is 172 g/mol. The number of hydrogen-bond acceptors (Lipinski definition) is 2. The topological polar surface area (TPSA) is 41.1 Å². The summed E-state index contributed by atoms with van der Waals surface area (Å²) >= 11 is 0. The predicted octanol–water partition coefficient (Wildman–Crippen LogP) is 0.902. The third-order valence-corrected chi connectivity index (χ3v) is 1.70. The average Bonchev–Trinajstić information content (AvgIpc) is 2.09. The maximum atomic E-state index is 11.0. The summed E-state index contributed by atoms with van der Waals surface area (Å²) < 4.78 is 0. The van der Waals surface area contributed by atoms with Crippen LogP contribution in [0.1, 0.15) is 32.6 Å². The van der Waals surface area contributed by atoms with Crippen molar-refractivity contribution < 1.29 is 4.79 Å². The molecule has 0 bridgehead atoms. The van der Waals surface area contributed by atoms with Crippen molar-refractivity contribution in [2.75, 3.05) is 20.1 Å². The molecule has 72 valence electrons. The van der Waals surface area contributed by atoms with Crippen LogP contribution < -0.4 is 10.6 Å². The highest BCUT2D eigenvalue weighted by Gasteiger charge is 1.97. The Morgan fingerprint density at radius 1 is 1.25 bits per heavy atom. The summed E-state index contributed by atoms with van der Waals surface area (Å²) in [5, 5.41) is 5.81. The fraction of sp³-hybridized carbons (Fsp3) is 0.889. The molecule has 0 radical (unpaired) electrons. The van der Waals surface area contributed by atoms with E-state index in [9.17, 15) is 4.79 Å². The number of amides is 1. The van der Waals surface area contributed by atoms with Crippen LogP contribution in [0.25, 0.3) is 0 Å². The first-order valence-corrected chi connectivity index (χ1v) is 4.72. The van der Waals surface area contributed by atoms with E-state index in [1.165, 1.54) is 12.8 Å². The van der Waals surface area contributed by atoms with Gasteiger partial charge in [0.25, 0.3) is 0 Å². The molecular formula is C9H20N2O. The first-order valence-electron chi connectivity index (χ1n) is 4.72. The van der Waals surface area contributed by atoms with Crippen LogP contribution in [0, 0.1) is 0 Å². The van der Waals surface area contributed by atoms with E-state index in [0.29, 0.717) is 6.42 Å². The highest BCUT2D eigenvalue weighted by molar-refractivity contribution is 5.75. The van der Waals surface area contributed by atoms with Gasteiger partial charge >= 0.3 is 0 Å². The molecule has 0 unspecified atom stereocenters. The van der Waals surface area contributed by atoms with E-state index < -0.39 is 0 Å². The number of carbonyl (C=O) groups excluding carboxylic acids is 1. The van der Waals surface area contributed by atoms with Crippen molar-refractivity contribution in [1.29, 1.82) is 0 Å². The van der Waals surface area contributed by atoms with Crippen molar-refractivity contribution >= 4 is 5.91 Å². The maximum absolute atomic E-state index is 11.0. The minimum Gasteiger partial charge on any atom is -0.356 e. The summed E-state index contributed by atoms with van der Waals surface area (Å²) in [6.45, 7) is 3.75. The van der Waals surface area contributed by atoms with Crippen molar-refractivity contribution in [3.05, 3.63) is 0 Å². The van der Waals surface area contributed by atoms with E-state index in [-0.39, 0.29) is 5.91 Å². The number of unbranched alkanes of at least 4 members (excludes halogenated alkanes) is 2. The Bertz CT molecular complexity index is 115. The SMILES string of the molecule is CCCCCNC(=O)CCNC. The molecule has 12 heavy (non-hydrogen) atoms. The van der Waals surface area contributed by atoms with Gasteiger partial charge in [0.15, 0.2) is 0 Å². The minimum absolute atomic E-state index is 0.153. The van der Waals surface area contributed by atoms with Crippen LogP contribution in [0.2, 0.25) is 0 Å². The zero-order valence-electron chi connectivity index (χ0n) is 8.15. The summed E-state index contributed by atoms with van der Waals surface area (Å²) in [6.07, 6.45) is 4.09. The van der Waals surface area contributed by atoms with Crippen LogP contribution in [0.3, 0.4) is 0 Å². The fourth-order valence-electron chi connectivity index (χ4n) is 0.930. The molecule has 3 nitrogen and oxygen atoms in total. The largest absolute Gasteiger partial charge is 0.356 e. The van der Waals surface area contributed by atoms with Gasteiger partial charge in [-0.1, -0.05) is 19.8 Å². The lowest BCUT2D eigenvalue weighted by Crippen LogP contribution is -2.27. The van der Waals surface area contributed by atoms with Gasteiger partial charge in [-0.25, -0.2) is 0 Å². The molecule has 2 N–H and O–H groups in total. The highest BCUT2D eigenvalue weighted by atomic mass is 16.1. The molecule has 0 saturated carbocycles. The Balaban J connectivity index is 3.08. The molecule has 0 saturated heterocycles. The van der Waals surface area contributed by atoms with Crippen LogP contribution >= 0.6 is 0 Å². The highest BCUT2D eigenvalue weighted by Crippen LogP contribution is 1.91. The lowest BCUT2D eigenvalue weighted by atomic mass is 10.2. The molecule has 0 aliphatic heterocycles. The molecule has 0 rings (SSSR count). The monoisotopic (exact) mass is 172 g/mol. The molecular weight excluding hydrogens is 152 g/mol. The third kappa shape index (κ3) is 7.54. The van der Waals surface area contributed by atoms with Crippen LogP contribution in [-0.4, -0.2) is 26.0 Å². The number of rotatable bonds is 7. The van der Waals surface area contributed by atoms with Gasteiger partial charge in [-0.2, -0.15) is 0 Å². The zero-order valence-corrected chi connectivity index (χ0v) is 8.15. The standard InChI is InChI=1S/C9H20N2O/c1-3-4-5-7-11-9(12)6-8-10-2/h10H,3-8H2,1-2H3,(H,11,12). The van der Waals surface area contributed by atoms with E-state index in [1.807, 2.05) is 7.05 Å². The molecule has 0 aromatic carbocycles. The smallest absolute Gasteiger partial charge is 0.221 e. The van der Waals surface area contributed by atoms with Crippen molar-refractivity contribution in [2.24, 2.45) is 0 Å². The second-order valence-electron chi connectivity index (χ2n) is 2.91. The first-order chi connectivity index (χ1) is 5.81. The Kier molecular flexibility index (Phi) is 8.12. The fourth-order valence-corrected chi connectivity index (χ4v) is 0.930. The van der Waals surface area contributed by atoms with Crippen LogP contribution in [0.4, 0.5) is 0 Å². The number of hydrogen-bond donors (Lipinski definition) is 2. The molecule has 3 heteroatoms. The van der Waals surface area contributed by atoms with Gasteiger partial charge in [-0.15, -0.1) is 0 Å². The van der Waals surface area contributed by atoms with Crippen LogP contribution in [-0.2, 0) is 4.79 Å². The number of nitrogens with one attached hydrogen (secondary N) is 2. The van der Waals surface area contributed by atoms with Gasteiger partial charge in [0.05, 0.1) is 0 Å². The van der Waals surface area contributed by atoms with Crippen molar-refractivity contribution in [3.8, 4) is 0 Å². The van der Waals surface area contributed by atoms with Crippen molar-refractivity contribution in [1.82, 2.24) is 10.6 Å². The third-order valence-electron chi connectivity index (χ3n) is 1.70. The molecule has 0 aliphatic carbocycles. The summed E-state index contributed by atoms with van der Waals surface area (Å²) in [7, 11) is 1.85. The van der Waals surface area contributed by atoms with Gasteiger partial charge < -0.3 is 10.6 Å². The molecule has 0 aromatic heterocycles. The quantitative estimate of drug-likeness (QED) is 0.560. The van der Waals surface area contributed by atoms with Gasteiger partial charge in [0.2, 0.25) is 5.91 Å². The van der Waals surface area contributed by atoms with Crippen LogP contribution in [0.15, 0.2) is 0 Å². The summed E-state index contributed by atoms with van der Waals surface area (Å²) in [6, 6.07) is 0. The van der Waals surface area contributed by atoms with E-state index >= 15 is 0 Å². The second-order valence-corrected chi connectivity index (χ2v) is 2.91. The molecule has 0 aromatic rings. The summed E-state index contributed by atoms with van der Waals surface area (Å²) in [4.78, 5) is 11.0. The lowest BCUT2D eigenvalue weighted by molar-refractivity contribution is -0.120. The van der Waals surface area contributed by atoms with Crippen LogP contribution in [0.5, 0.6) is 0 Å². The van der Waals surface area contributed by atoms with Gasteiger partial charge in [0.1, 0.15) is 0 Å². The first kappa shape index (κ1) is 11.4. The molecule has 0 fully saturated rings. The second kappa shape index (κ2) is 8.53.